The summed E-state index contributed by atoms with van der Waals surface area (Å²) in [7, 11) is 1.29. The van der Waals surface area contributed by atoms with Crippen molar-refractivity contribution >= 4 is 21.9 Å². The predicted octanol–water partition coefficient (Wildman–Crippen LogP) is 1.44. The molecule has 0 fully saturated rings. The van der Waals surface area contributed by atoms with Crippen molar-refractivity contribution in [2.75, 3.05) is 7.11 Å². The number of aliphatic hydroxyl groups excluding tert-OH is 1. The van der Waals surface area contributed by atoms with Crippen LogP contribution in [0.1, 0.15) is 18.1 Å². The summed E-state index contributed by atoms with van der Waals surface area (Å²) in [5.41, 5.74) is 0.630. The standard InChI is InChI=1S/C9H10BrNO3/c1-14-9(13)4-8(12)6-2-3-11-5-7(6)10/h2-3,5,8,12H,4H2,1H3/t8-/m0/s1. The van der Waals surface area contributed by atoms with E-state index in [0.29, 0.717) is 10.0 Å². The Labute approximate surface area is 90.0 Å². The number of ether oxygens (including phenoxy) is 1. The predicted molar refractivity (Wildman–Crippen MR) is 53.5 cm³/mol. The van der Waals surface area contributed by atoms with E-state index >= 15 is 0 Å². The summed E-state index contributed by atoms with van der Waals surface area (Å²) in [5.74, 6) is -0.443. The van der Waals surface area contributed by atoms with Gasteiger partial charge in [0, 0.05) is 16.9 Å². The first-order chi connectivity index (χ1) is 6.65. The lowest BCUT2D eigenvalue weighted by molar-refractivity contribution is -0.142. The molecule has 1 aromatic rings. The number of aromatic nitrogens is 1. The number of hydrogen-bond acceptors (Lipinski definition) is 4. The fraction of sp³-hybridized carbons (Fsp3) is 0.333. The molecule has 0 aliphatic rings. The first-order valence-corrected chi connectivity index (χ1v) is 4.78. The lowest BCUT2D eigenvalue weighted by Crippen LogP contribution is -2.08. The van der Waals surface area contributed by atoms with Gasteiger partial charge in [0.15, 0.2) is 0 Å². The summed E-state index contributed by atoms with van der Waals surface area (Å²) in [5, 5.41) is 9.64. The molecule has 0 saturated heterocycles. The van der Waals surface area contributed by atoms with Gasteiger partial charge in [0.25, 0.3) is 0 Å². The molecule has 0 amide bonds. The Morgan fingerprint density at radius 3 is 3.07 bits per heavy atom. The number of pyridine rings is 1. The van der Waals surface area contributed by atoms with Gasteiger partial charge in [0.05, 0.1) is 19.6 Å². The third kappa shape index (κ3) is 2.78. The zero-order valence-electron chi connectivity index (χ0n) is 7.61. The van der Waals surface area contributed by atoms with Crippen molar-refractivity contribution in [3.8, 4) is 0 Å². The van der Waals surface area contributed by atoms with E-state index in [1.807, 2.05) is 0 Å². The van der Waals surface area contributed by atoms with Crippen LogP contribution in [0.15, 0.2) is 22.9 Å². The summed E-state index contributed by atoms with van der Waals surface area (Å²) in [6.07, 6.45) is 2.20. The Hall–Kier alpha value is -0.940. The maximum Gasteiger partial charge on any atom is 0.308 e. The highest BCUT2D eigenvalue weighted by molar-refractivity contribution is 9.10. The van der Waals surface area contributed by atoms with Crippen LogP contribution in [0.4, 0.5) is 0 Å². The van der Waals surface area contributed by atoms with E-state index in [-0.39, 0.29) is 6.42 Å². The normalized spacial score (nSPS) is 12.2. The van der Waals surface area contributed by atoms with Crippen molar-refractivity contribution in [3.05, 3.63) is 28.5 Å². The fourth-order valence-electron chi connectivity index (χ4n) is 1.01. The Bertz CT molecular complexity index is 330. The number of carbonyl (C=O) groups excluding carboxylic acids is 1. The molecule has 1 N–H and O–H groups in total. The average Bonchev–Trinajstić information content (AvgIpc) is 2.18. The van der Waals surface area contributed by atoms with Gasteiger partial charge in [-0.05, 0) is 27.6 Å². The second-order valence-corrected chi connectivity index (χ2v) is 3.55. The molecule has 0 unspecified atom stereocenters. The van der Waals surface area contributed by atoms with Gasteiger partial charge >= 0.3 is 5.97 Å². The topological polar surface area (TPSA) is 59.4 Å². The molecular weight excluding hydrogens is 250 g/mol. The molecule has 14 heavy (non-hydrogen) atoms. The largest absolute Gasteiger partial charge is 0.469 e. The molecule has 0 bridgehead atoms. The number of nitrogens with zero attached hydrogens (tertiary/aromatic N) is 1. The van der Waals surface area contributed by atoms with Crippen LogP contribution >= 0.6 is 15.9 Å². The zero-order valence-corrected chi connectivity index (χ0v) is 9.19. The molecule has 0 radical (unpaired) electrons. The summed E-state index contributed by atoms with van der Waals surface area (Å²) < 4.78 is 5.13. The minimum Gasteiger partial charge on any atom is -0.469 e. The fourth-order valence-corrected chi connectivity index (χ4v) is 1.52. The third-order valence-electron chi connectivity index (χ3n) is 1.75. The minimum atomic E-state index is -0.861. The van der Waals surface area contributed by atoms with Gasteiger partial charge in [0.1, 0.15) is 0 Å². The second kappa shape index (κ2) is 5.07. The monoisotopic (exact) mass is 259 g/mol. The molecular formula is C9H10BrNO3. The van der Waals surface area contributed by atoms with Crippen molar-refractivity contribution < 1.29 is 14.6 Å². The Morgan fingerprint density at radius 1 is 1.79 bits per heavy atom. The highest BCUT2D eigenvalue weighted by Gasteiger charge is 2.15. The van der Waals surface area contributed by atoms with E-state index in [1.54, 1.807) is 18.5 Å². The van der Waals surface area contributed by atoms with Gasteiger partial charge in [-0.25, -0.2) is 0 Å². The molecule has 0 saturated carbocycles. The van der Waals surface area contributed by atoms with Crippen LogP contribution < -0.4 is 0 Å². The van der Waals surface area contributed by atoms with Crippen LogP contribution in [0.3, 0.4) is 0 Å². The molecule has 1 atom stereocenters. The molecule has 0 aromatic carbocycles. The van der Waals surface area contributed by atoms with Crippen LogP contribution in [0.25, 0.3) is 0 Å². The van der Waals surface area contributed by atoms with E-state index in [2.05, 4.69) is 25.7 Å². The first-order valence-electron chi connectivity index (χ1n) is 3.99. The van der Waals surface area contributed by atoms with E-state index in [1.165, 1.54) is 7.11 Å². The molecule has 76 valence electrons. The zero-order chi connectivity index (χ0) is 10.6. The average molecular weight is 260 g/mol. The van der Waals surface area contributed by atoms with Crippen LogP contribution in [0.5, 0.6) is 0 Å². The summed E-state index contributed by atoms with van der Waals surface area (Å²) >= 11 is 3.23. The van der Waals surface area contributed by atoms with E-state index in [4.69, 9.17) is 0 Å². The molecule has 5 heteroatoms. The SMILES string of the molecule is COC(=O)C[C@H](O)c1ccncc1Br. The highest BCUT2D eigenvalue weighted by atomic mass is 79.9. The number of halogens is 1. The van der Waals surface area contributed by atoms with Crippen LogP contribution in [0.2, 0.25) is 0 Å². The van der Waals surface area contributed by atoms with Gasteiger partial charge in [-0.1, -0.05) is 0 Å². The Balaban J connectivity index is 2.74. The van der Waals surface area contributed by atoms with E-state index in [9.17, 15) is 9.90 Å². The van der Waals surface area contributed by atoms with Crippen molar-refractivity contribution in [1.29, 1.82) is 0 Å². The number of methoxy groups -OCH3 is 1. The number of aliphatic hydroxyl groups is 1. The Morgan fingerprint density at radius 2 is 2.50 bits per heavy atom. The lowest BCUT2D eigenvalue weighted by atomic mass is 10.1. The van der Waals surface area contributed by atoms with E-state index in [0.717, 1.165) is 0 Å². The minimum absolute atomic E-state index is 0.0564. The number of rotatable bonds is 3. The van der Waals surface area contributed by atoms with Gasteiger partial charge in [-0.15, -0.1) is 0 Å². The van der Waals surface area contributed by atoms with Gasteiger partial charge in [-0.3, -0.25) is 9.78 Å². The first kappa shape index (κ1) is 11.1. The van der Waals surface area contributed by atoms with Crippen molar-refractivity contribution in [2.45, 2.75) is 12.5 Å². The van der Waals surface area contributed by atoms with Crippen molar-refractivity contribution in [2.24, 2.45) is 0 Å². The van der Waals surface area contributed by atoms with Crippen molar-refractivity contribution in [1.82, 2.24) is 4.98 Å². The molecule has 0 aliphatic heterocycles. The van der Waals surface area contributed by atoms with Crippen LogP contribution in [-0.2, 0) is 9.53 Å². The quantitative estimate of drug-likeness (QED) is 0.835. The molecule has 1 rings (SSSR count). The molecule has 0 spiro atoms. The van der Waals surface area contributed by atoms with Crippen LogP contribution in [-0.4, -0.2) is 23.2 Å². The lowest BCUT2D eigenvalue weighted by Gasteiger charge is -2.10. The molecule has 1 heterocycles. The van der Waals surface area contributed by atoms with Crippen LogP contribution in [0, 0.1) is 0 Å². The summed E-state index contributed by atoms with van der Waals surface area (Å²) in [6, 6.07) is 1.65. The smallest absolute Gasteiger partial charge is 0.308 e. The van der Waals surface area contributed by atoms with Gasteiger partial charge in [-0.2, -0.15) is 0 Å². The molecule has 0 aliphatic carbocycles. The van der Waals surface area contributed by atoms with Crippen molar-refractivity contribution in [3.63, 3.8) is 0 Å². The number of carbonyl (C=O) groups is 1. The third-order valence-corrected chi connectivity index (χ3v) is 2.41. The van der Waals surface area contributed by atoms with Gasteiger partial charge in [0.2, 0.25) is 0 Å². The molecule has 1 aromatic heterocycles. The maximum atomic E-state index is 10.9. The summed E-state index contributed by atoms with van der Waals surface area (Å²) in [6.45, 7) is 0. The number of hydrogen-bond donors (Lipinski definition) is 1. The van der Waals surface area contributed by atoms with Gasteiger partial charge < -0.3 is 9.84 Å². The summed E-state index contributed by atoms with van der Waals surface area (Å²) in [4.78, 5) is 14.7. The molecule has 4 nitrogen and oxygen atoms in total. The second-order valence-electron chi connectivity index (χ2n) is 2.69. The highest BCUT2D eigenvalue weighted by Crippen LogP contribution is 2.24. The van der Waals surface area contributed by atoms with E-state index < -0.39 is 12.1 Å². The Kier molecular flexibility index (Phi) is 4.03. The number of esters is 1. The maximum absolute atomic E-state index is 10.9.